The van der Waals surface area contributed by atoms with Crippen LogP contribution in [0.3, 0.4) is 0 Å². The minimum atomic E-state index is -5.76. The Bertz CT molecular complexity index is 1360. The Morgan fingerprint density at radius 3 is 1.31 bits per heavy atom. The molecular weight excluding hydrogens is 536 g/mol. The molecule has 0 fully saturated rings. The van der Waals surface area contributed by atoms with E-state index in [-0.39, 0.29) is 0 Å². The second-order valence-electron chi connectivity index (χ2n) is 6.58. The molecular formula is C19HF14N3. The van der Waals surface area contributed by atoms with Gasteiger partial charge in [0, 0.05) is 0 Å². The first kappa shape index (κ1) is 26.6. The van der Waals surface area contributed by atoms with Gasteiger partial charge in [-0.2, -0.15) is 31.6 Å². The Morgan fingerprint density at radius 2 is 0.944 bits per heavy atom. The monoisotopic (exact) mass is 537 g/mol. The maximum Gasteiger partial charge on any atom is 0.451 e. The molecule has 0 N–H and O–H groups in total. The van der Waals surface area contributed by atoms with Crippen LogP contribution in [0.15, 0.2) is 6.07 Å². The van der Waals surface area contributed by atoms with E-state index in [1.165, 1.54) is 0 Å². The van der Waals surface area contributed by atoms with E-state index in [0.29, 0.717) is 6.07 Å². The lowest BCUT2D eigenvalue weighted by Crippen LogP contribution is -2.18. The zero-order chi connectivity index (χ0) is 27.5. The summed E-state index contributed by atoms with van der Waals surface area (Å²) in [4.78, 5) is 4.55. The van der Waals surface area contributed by atoms with Crippen LogP contribution in [0.25, 0.3) is 22.4 Å². The molecule has 0 aliphatic heterocycles. The molecule has 0 spiro atoms. The van der Waals surface area contributed by atoms with E-state index in [1.54, 1.807) is 0 Å². The fourth-order valence-corrected chi connectivity index (χ4v) is 2.87. The van der Waals surface area contributed by atoms with Crippen LogP contribution in [0.2, 0.25) is 0 Å². The summed E-state index contributed by atoms with van der Waals surface area (Å²) < 4.78 is 192. The molecule has 0 bridgehead atoms. The summed E-state index contributed by atoms with van der Waals surface area (Å²) in [5, 5.41) is 8.53. The van der Waals surface area contributed by atoms with Crippen LogP contribution in [0.5, 0.6) is 0 Å². The van der Waals surface area contributed by atoms with Crippen LogP contribution in [0.1, 0.15) is 17.1 Å². The number of nitriles is 1. The van der Waals surface area contributed by atoms with E-state index in [1.807, 2.05) is 0 Å². The van der Waals surface area contributed by atoms with E-state index in [4.69, 9.17) is 5.26 Å². The highest BCUT2D eigenvalue weighted by Crippen LogP contribution is 2.41. The van der Waals surface area contributed by atoms with E-state index in [9.17, 15) is 61.5 Å². The summed E-state index contributed by atoms with van der Waals surface area (Å²) in [5.74, 6) is -24.5. The highest BCUT2D eigenvalue weighted by atomic mass is 19.4. The number of aromatic nitrogens is 2. The molecule has 17 heteroatoms. The molecule has 3 rings (SSSR count). The van der Waals surface area contributed by atoms with Crippen LogP contribution in [-0.2, 0) is 12.4 Å². The molecule has 0 amide bonds. The van der Waals surface area contributed by atoms with Crippen LogP contribution < -0.4 is 0 Å². The third-order valence-corrected chi connectivity index (χ3v) is 4.41. The first-order valence-electron chi connectivity index (χ1n) is 8.59. The number of alkyl halides is 6. The Hall–Kier alpha value is -3.97. The lowest BCUT2D eigenvalue weighted by Gasteiger charge is -2.16. The zero-order valence-electron chi connectivity index (χ0n) is 16.2. The van der Waals surface area contributed by atoms with Crippen LogP contribution in [-0.4, -0.2) is 9.97 Å². The van der Waals surface area contributed by atoms with Crippen molar-refractivity contribution >= 4 is 0 Å². The summed E-state index contributed by atoms with van der Waals surface area (Å²) in [7, 11) is 0. The summed E-state index contributed by atoms with van der Waals surface area (Å²) in [6.45, 7) is 0. The smallest absolute Gasteiger partial charge is 0.224 e. The van der Waals surface area contributed by atoms with Crippen molar-refractivity contribution in [1.82, 2.24) is 9.97 Å². The summed E-state index contributed by atoms with van der Waals surface area (Å²) in [6.07, 6.45) is -11.4. The molecule has 0 unspecified atom stereocenters. The van der Waals surface area contributed by atoms with Crippen LogP contribution >= 0.6 is 0 Å². The highest BCUT2D eigenvalue weighted by molar-refractivity contribution is 5.73. The van der Waals surface area contributed by atoms with E-state index >= 15 is 0 Å². The van der Waals surface area contributed by atoms with Crippen molar-refractivity contribution < 1.29 is 61.5 Å². The fraction of sp³-hybridized carbons (Fsp3) is 0.105. The van der Waals surface area contributed by atoms with Crippen molar-refractivity contribution in [2.75, 3.05) is 0 Å². The first-order chi connectivity index (χ1) is 16.4. The molecule has 1 aromatic heterocycles. The van der Waals surface area contributed by atoms with Crippen LogP contribution in [0, 0.1) is 57.9 Å². The number of halogens is 14. The van der Waals surface area contributed by atoms with Crippen LogP contribution in [0.4, 0.5) is 61.5 Å². The summed E-state index contributed by atoms with van der Waals surface area (Å²) >= 11 is 0. The van der Waals surface area contributed by atoms with Crippen molar-refractivity contribution in [2.24, 2.45) is 0 Å². The van der Waals surface area contributed by atoms with Gasteiger partial charge in [0.1, 0.15) is 17.3 Å². The Labute approximate surface area is 188 Å². The normalized spacial score (nSPS) is 12.1. The molecule has 0 atom stereocenters. The van der Waals surface area contributed by atoms with Crippen molar-refractivity contribution in [3.05, 3.63) is 69.7 Å². The largest absolute Gasteiger partial charge is 0.451 e. The predicted molar refractivity (Wildman–Crippen MR) is 87.3 cm³/mol. The average Bonchev–Trinajstić information content (AvgIpc) is 2.78. The van der Waals surface area contributed by atoms with Crippen molar-refractivity contribution in [3.63, 3.8) is 0 Å². The molecule has 36 heavy (non-hydrogen) atoms. The first-order valence-corrected chi connectivity index (χ1v) is 8.59. The number of rotatable bonds is 2. The van der Waals surface area contributed by atoms with Gasteiger partial charge in [0.15, 0.2) is 46.5 Å². The molecule has 0 aliphatic carbocycles. The van der Waals surface area contributed by atoms with Crippen molar-refractivity contribution in [2.45, 2.75) is 12.4 Å². The average molecular weight is 537 g/mol. The maximum atomic E-state index is 14.7. The maximum absolute atomic E-state index is 14.7. The predicted octanol–water partition coefficient (Wildman–Crippen LogP) is 6.83. The van der Waals surface area contributed by atoms with Gasteiger partial charge in [0.2, 0.25) is 5.82 Å². The third-order valence-electron chi connectivity index (χ3n) is 4.41. The van der Waals surface area contributed by atoms with Crippen molar-refractivity contribution in [3.8, 4) is 28.5 Å². The molecule has 1 heterocycles. The molecule has 190 valence electrons. The summed E-state index contributed by atoms with van der Waals surface area (Å²) in [5.41, 5.74) is -13.5. The van der Waals surface area contributed by atoms with Gasteiger partial charge in [-0.05, 0) is 6.07 Å². The molecule has 0 saturated heterocycles. The third kappa shape index (κ3) is 4.16. The van der Waals surface area contributed by atoms with Gasteiger partial charge in [-0.3, -0.25) is 0 Å². The topological polar surface area (TPSA) is 49.6 Å². The molecule has 0 aliphatic rings. The number of benzene rings is 2. The second kappa shape index (κ2) is 8.60. The van der Waals surface area contributed by atoms with Gasteiger partial charge in [0.05, 0.1) is 22.4 Å². The van der Waals surface area contributed by atoms with E-state index in [0.717, 1.165) is 0 Å². The number of nitrogens with zero attached hydrogens (tertiary/aromatic N) is 3. The van der Waals surface area contributed by atoms with Gasteiger partial charge in [-0.25, -0.2) is 45.1 Å². The van der Waals surface area contributed by atoms with Gasteiger partial charge in [-0.15, -0.1) is 0 Å². The quantitative estimate of drug-likeness (QED) is 0.266. The minimum Gasteiger partial charge on any atom is -0.224 e. The Balaban J connectivity index is 2.44. The zero-order valence-corrected chi connectivity index (χ0v) is 16.2. The fourth-order valence-electron chi connectivity index (χ4n) is 2.87. The van der Waals surface area contributed by atoms with Gasteiger partial charge in [-0.1, -0.05) is 0 Å². The molecule has 0 radical (unpaired) electrons. The minimum absolute atomic E-state index is 0.516. The van der Waals surface area contributed by atoms with Gasteiger partial charge in [0.25, 0.3) is 0 Å². The van der Waals surface area contributed by atoms with E-state index in [2.05, 4.69) is 9.97 Å². The Kier molecular flexibility index (Phi) is 6.36. The summed E-state index contributed by atoms with van der Waals surface area (Å²) in [6, 6.07) is 0.161. The Morgan fingerprint density at radius 1 is 0.556 bits per heavy atom. The number of hydrogen-bond donors (Lipinski definition) is 0. The highest BCUT2D eigenvalue weighted by Gasteiger charge is 2.42. The second-order valence-corrected chi connectivity index (χ2v) is 6.58. The van der Waals surface area contributed by atoms with Crippen molar-refractivity contribution in [1.29, 1.82) is 5.26 Å². The van der Waals surface area contributed by atoms with Gasteiger partial charge < -0.3 is 0 Å². The SMILES string of the molecule is N#Cc1c(F)c(F)c(-c2c(F)c(F)c(-c3cc(C(F)(F)F)nc(C(F)(F)F)n3)c(F)c2F)c(F)c1F. The molecule has 0 saturated carbocycles. The van der Waals surface area contributed by atoms with Gasteiger partial charge >= 0.3 is 12.4 Å². The lowest BCUT2D eigenvalue weighted by molar-refractivity contribution is -0.152. The molecule has 3 aromatic rings. The van der Waals surface area contributed by atoms with E-state index < -0.39 is 104 Å². The lowest BCUT2D eigenvalue weighted by atomic mass is 9.96. The molecule has 2 aromatic carbocycles. The number of hydrogen-bond acceptors (Lipinski definition) is 3. The standard InChI is InChI=1S/C19HF14N3/c20-9-3(2-34)10(21)14(25)7(13(9)24)8-15(26)11(22)6(12(23)16(8)27)4-1-5(18(28,29)30)36-17(35-4)19(31,32)33/h1H. The molecule has 3 nitrogen and oxygen atoms in total.